The van der Waals surface area contributed by atoms with Crippen LogP contribution >= 0.6 is 0 Å². The molecule has 3 heterocycles. The van der Waals surface area contributed by atoms with E-state index >= 15 is 0 Å². The molecule has 0 atom stereocenters. The monoisotopic (exact) mass is 337 g/mol. The molecule has 0 spiro atoms. The van der Waals surface area contributed by atoms with E-state index < -0.39 is 0 Å². The quantitative estimate of drug-likeness (QED) is 0.692. The minimum absolute atomic E-state index is 0.232. The first-order valence-electron chi connectivity index (χ1n) is 8.29. The summed E-state index contributed by atoms with van der Waals surface area (Å²) in [5.41, 5.74) is 2.24. The van der Waals surface area contributed by atoms with Crippen molar-refractivity contribution >= 4 is 6.09 Å². The van der Waals surface area contributed by atoms with Crippen LogP contribution in [0.1, 0.15) is 5.56 Å². The molecular formula is C18H19N5O2. The second-order valence-electron chi connectivity index (χ2n) is 5.95. The van der Waals surface area contributed by atoms with E-state index in [2.05, 4.69) is 38.9 Å². The van der Waals surface area contributed by atoms with Gasteiger partial charge in [-0.05, 0) is 11.6 Å². The summed E-state index contributed by atoms with van der Waals surface area (Å²) in [5, 5.41) is 4.22. The van der Waals surface area contributed by atoms with Crippen molar-refractivity contribution in [1.82, 2.24) is 24.2 Å². The third-order valence-electron chi connectivity index (χ3n) is 4.29. The van der Waals surface area contributed by atoms with Crippen molar-refractivity contribution in [3.8, 4) is 11.4 Å². The first-order chi connectivity index (χ1) is 12.3. The van der Waals surface area contributed by atoms with Crippen LogP contribution in [0, 0.1) is 0 Å². The van der Waals surface area contributed by atoms with Gasteiger partial charge in [0.25, 0.3) is 0 Å². The van der Waals surface area contributed by atoms with Crippen LogP contribution in [0.5, 0.6) is 0 Å². The molecular weight excluding hydrogens is 318 g/mol. The maximum Gasteiger partial charge on any atom is 0.410 e. The number of benzene rings is 1. The molecule has 1 aromatic carbocycles. The van der Waals surface area contributed by atoms with Gasteiger partial charge in [0.1, 0.15) is 12.4 Å². The minimum atomic E-state index is -0.232. The molecule has 0 saturated carbocycles. The average Bonchev–Trinajstić information content (AvgIpc) is 3.36. The van der Waals surface area contributed by atoms with Crippen molar-refractivity contribution in [3.05, 3.63) is 60.7 Å². The maximum atomic E-state index is 11.5. The number of imidazole rings is 1. The van der Waals surface area contributed by atoms with Gasteiger partial charge in [-0.15, -0.1) is 0 Å². The number of nitrogens with zero attached hydrogens (tertiary/aromatic N) is 5. The van der Waals surface area contributed by atoms with Crippen LogP contribution in [-0.2, 0) is 17.8 Å². The number of rotatable bonds is 6. The van der Waals surface area contributed by atoms with E-state index in [4.69, 9.17) is 4.74 Å². The number of hydrogen-bond acceptors (Lipinski definition) is 4. The van der Waals surface area contributed by atoms with E-state index in [1.54, 1.807) is 17.3 Å². The smallest absolute Gasteiger partial charge is 0.410 e. The minimum Gasteiger partial charge on any atom is -0.448 e. The summed E-state index contributed by atoms with van der Waals surface area (Å²) in [6.07, 6.45) is 7.22. The molecule has 1 amide bonds. The summed E-state index contributed by atoms with van der Waals surface area (Å²) < 4.78 is 8.92. The normalized spacial score (nSPS) is 14.1. The number of carbonyl (C=O) groups is 1. The van der Waals surface area contributed by atoms with Crippen molar-refractivity contribution in [3.63, 3.8) is 0 Å². The maximum absolute atomic E-state index is 11.5. The third kappa shape index (κ3) is 3.40. The third-order valence-corrected chi connectivity index (χ3v) is 4.29. The van der Waals surface area contributed by atoms with Crippen molar-refractivity contribution < 1.29 is 9.53 Å². The molecule has 7 heteroatoms. The summed E-state index contributed by atoms with van der Waals surface area (Å²) in [5.74, 6) is 0.901. The Balaban J connectivity index is 1.45. The van der Waals surface area contributed by atoms with Gasteiger partial charge in [0.05, 0.1) is 13.1 Å². The largest absolute Gasteiger partial charge is 0.448 e. The van der Waals surface area contributed by atoms with Crippen molar-refractivity contribution in [1.29, 1.82) is 0 Å². The average molecular weight is 337 g/mol. The van der Waals surface area contributed by atoms with Crippen LogP contribution < -0.4 is 0 Å². The van der Waals surface area contributed by atoms with Crippen LogP contribution in [0.4, 0.5) is 4.79 Å². The Morgan fingerprint density at radius 1 is 1.08 bits per heavy atom. The molecule has 1 aliphatic rings. The molecule has 0 N–H and O–H groups in total. The van der Waals surface area contributed by atoms with Gasteiger partial charge in [0.2, 0.25) is 0 Å². The Morgan fingerprint density at radius 3 is 2.68 bits per heavy atom. The Hall–Kier alpha value is -3.09. The van der Waals surface area contributed by atoms with Crippen LogP contribution in [0.2, 0.25) is 0 Å². The van der Waals surface area contributed by atoms with E-state index in [0.29, 0.717) is 26.2 Å². The van der Waals surface area contributed by atoms with E-state index in [-0.39, 0.29) is 6.09 Å². The van der Waals surface area contributed by atoms with E-state index in [9.17, 15) is 4.79 Å². The van der Waals surface area contributed by atoms with Gasteiger partial charge in [-0.25, -0.2) is 9.78 Å². The van der Waals surface area contributed by atoms with Gasteiger partial charge in [0.15, 0.2) is 0 Å². The van der Waals surface area contributed by atoms with Crippen LogP contribution in [0.15, 0.2) is 55.1 Å². The fourth-order valence-corrected chi connectivity index (χ4v) is 2.95. The molecule has 1 aliphatic heterocycles. The van der Waals surface area contributed by atoms with Gasteiger partial charge in [0, 0.05) is 43.4 Å². The van der Waals surface area contributed by atoms with Crippen LogP contribution in [-0.4, -0.2) is 50.0 Å². The molecule has 128 valence electrons. The van der Waals surface area contributed by atoms with Gasteiger partial charge < -0.3 is 14.2 Å². The molecule has 2 aromatic heterocycles. The van der Waals surface area contributed by atoms with E-state index in [0.717, 1.165) is 17.9 Å². The summed E-state index contributed by atoms with van der Waals surface area (Å²) in [7, 11) is 0. The number of ether oxygens (including phenoxy) is 1. The Bertz CT molecular complexity index is 839. The number of amides is 1. The zero-order valence-electron chi connectivity index (χ0n) is 13.8. The molecule has 3 aromatic rings. The fourth-order valence-electron chi connectivity index (χ4n) is 2.95. The molecule has 1 fully saturated rings. The lowest BCUT2D eigenvalue weighted by molar-refractivity contribution is 0.157. The number of cyclic esters (lactones) is 1. The number of hydrogen-bond donors (Lipinski definition) is 0. The molecule has 0 radical (unpaired) electrons. The number of carbonyl (C=O) groups excluding carboxylic acids is 1. The van der Waals surface area contributed by atoms with Crippen LogP contribution in [0.3, 0.4) is 0 Å². The van der Waals surface area contributed by atoms with Gasteiger partial charge in [-0.1, -0.05) is 24.3 Å². The highest BCUT2D eigenvalue weighted by Crippen LogP contribution is 2.19. The zero-order valence-corrected chi connectivity index (χ0v) is 13.8. The van der Waals surface area contributed by atoms with Gasteiger partial charge in [-0.2, -0.15) is 5.10 Å². The summed E-state index contributed by atoms with van der Waals surface area (Å²) >= 11 is 0. The standard InChI is InChI=1S/C18H19N5O2/c24-18-22(12-13-25-18)11-10-21-9-7-19-17(21)16-4-2-15(3-5-16)14-23-8-1-6-20-23/h1-9H,10-14H2. The van der Waals surface area contributed by atoms with E-state index in [1.807, 2.05) is 23.1 Å². The Labute approximate surface area is 145 Å². The van der Waals surface area contributed by atoms with Gasteiger partial charge in [-0.3, -0.25) is 4.68 Å². The molecule has 4 rings (SSSR count). The van der Waals surface area contributed by atoms with Gasteiger partial charge >= 0.3 is 6.09 Å². The molecule has 7 nitrogen and oxygen atoms in total. The summed E-state index contributed by atoms with van der Waals surface area (Å²) in [6.45, 7) is 3.20. The molecule has 1 saturated heterocycles. The fraction of sp³-hybridized carbons (Fsp3) is 0.278. The topological polar surface area (TPSA) is 65.2 Å². The second-order valence-corrected chi connectivity index (χ2v) is 5.95. The lowest BCUT2D eigenvalue weighted by Gasteiger charge is -2.14. The second kappa shape index (κ2) is 6.80. The molecule has 0 unspecified atom stereocenters. The summed E-state index contributed by atoms with van der Waals surface area (Å²) in [4.78, 5) is 17.7. The SMILES string of the molecule is O=C1OCCN1CCn1ccnc1-c1ccc(Cn2cccn2)cc1. The molecule has 25 heavy (non-hydrogen) atoms. The van der Waals surface area contributed by atoms with E-state index in [1.165, 1.54) is 5.56 Å². The first kappa shape index (κ1) is 15.4. The Kier molecular flexibility index (Phi) is 4.20. The highest BCUT2D eigenvalue weighted by molar-refractivity contribution is 5.69. The Morgan fingerprint density at radius 2 is 1.96 bits per heavy atom. The zero-order chi connectivity index (χ0) is 17.1. The molecule has 0 bridgehead atoms. The highest BCUT2D eigenvalue weighted by atomic mass is 16.6. The predicted molar refractivity (Wildman–Crippen MR) is 91.9 cm³/mol. The number of aromatic nitrogens is 4. The lowest BCUT2D eigenvalue weighted by Crippen LogP contribution is -2.28. The predicted octanol–water partition coefficient (Wildman–Crippen LogP) is 2.25. The highest BCUT2D eigenvalue weighted by Gasteiger charge is 2.21. The van der Waals surface area contributed by atoms with Crippen molar-refractivity contribution in [2.45, 2.75) is 13.1 Å². The summed E-state index contributed by atoms with van der Waals surface area (Å²) in [6, 6.07) is 10.2. The van der Waals surface area contributed by atoms with Crippen molar-refractivity contribution in [2.24, 2.45) is 0 Å². The molecule has 0 aliphatic carbocycles. The first-order valence-corrected chi connectivity index (χ1v) is 8.29. The lowest BCUT2D eigenvalue weighted by atomic mass is 10.1. The van der Waals surface area contributed by atoms with Crippen molar-refractivity contribution in [2.75, 3.05) is 19.7 Å². The van der Waals surface area contributed by atoms with Crippen LogP contribution in [0.25, 0.3) is 11.4 Å².